The summed E-state index contributed by atoms with van der Waals surface area (Å²) in [6.07, 6.45) is 4.21. The molecule has 0 aliphatic rings. The average molecular weight is 224 g/mol. The third-order valence-corrected chi connectivity index (χ3v) is 3.37. The van der Waals surface area contributed by atoms with Crippen LogP contribution in [0.15, 0.2) is 30.2 Å². The molecule has 3 heteroatoms. The van der Waals surface area contributed by atoms with Gasteiger partial charge in [0.25, 0.3) is 0 Å². The molecule has 0 aliphatic carbocycles. The van der Waals surface area contributed by atoms with Crippen molar-refractivity contribution in [2.75, 3.05) is 20.1 Å². The summed E-state index contributed by atoms with van der Waals surface area (Å²) in [7, 11) is 2.12. The van der Waals surface area contributed by atoms with E-state index in [4.69, 9.17) is 5.73 Å². The van der Waals surface area contributed by atoms with E-state index in [2.05, 4.69) is 36.0 Å². The van der Waals surface area contributed by atoms with Crippen molar-refractivity contribution in [2.24, 2.45) is 5.73 Å². The van der Waals surface area contributed by atoms with Crippen molar-refractivity contribution in [3.05, 3.63) is 35.0 Å². The largest absolute Gasteiger partial charge is 0.322 e. The van der Waals surface area contributed by atoms with E-state index < -0.39 is 0 Å². The van der Waals surface area contributed by atoms with Crippen LogP contribution in [-0.2, 0) is 0 Å². The monoisotopic (exact) mass is 224 g/mol. The maximum atomic E-state index is 6.09. The number of allylic oxidation sites excluding steroid dienone is 1. The summed E-state index contributed by atoms with van der Waals surface area (Å²) in [5.74, 6) is 0. The zero-order valence-electron chi connectivity index (χ0n) is 9.36. The lowest BCUT2D eigenvalue weighted by atomic mass is 10.2. The Hall–Kier alpha value is -0.640. The van der Waals surface area contributed by atoms with Gasteiger partial charge in [0.05, 0.1) is 6.04 Å². The minimum Gasteiger partial charge on any atom is -0.322 e. The van der Waals surface area contributed by atoms with Crippen molar-refractivity contribution < 1.29 is 0 Å². The Bertz CT molecular complexity index is 269. The predicted molar refractivity (Wildman–Crippen MR) is 68.2 cm³/mol. The second kappa shape index (κ2) is 6.77. The number of hydrogen-bond donors (Lipinski definition) is 1. The number of likely N-dealkylation sites (N-methyl/N-ethyl adjacent to an activating group) is 1. The van der Waals surface area contributed by atoms with Gasteiger partial charge >= 0.3 is 0 Å². The molecule has 1 unspecified atom stereocenters. The summed E-state index contributed by atoms with van der Waals surface area (Å²) >= 11 is 1.73. The lowest BCUT2D eigenvalue weighted by molar-refractivity contribution is 0.311. The number of hydrogen-bond acceptors (Lipinski definition) is 3. The fourth-order valence-corrected chi connectivity index (χ4v) is 2.25. The van der Waals surface area contributed by atoms with Crippen molar-refractivity contribution in [1.82, 2.24) is 4.90 Å². The molecule has 1 atom stereocenters. The minimum atomic E-state index is 0.152. The fraction of sp³-hybridized carbons (Fsp3) is 0.500. The van der Waals surface area contributed by atoms with Crippen LogP contribution in [0.2, 0.25) is 0 Å². The molecule has 1 heterocycles. The highest BCUT2D eigenvalue weighted by Gasteiger charge is 2.09. The predicted octanol–water partition coefficient (Wildman–Crippen LogP) is 2.65. The highest BCUT2D eigenvalue weighted by Crippen LogP contribution is 2.17. The highest BCUT2D eigenvalue weighted by molar-refractivity contribution is 7.10. The summed E-state index contributed by atoms with van der Waals surface area (Å²) < 4.78 is 0. The average Bonchev–Trinajstić information content (AvgIpc) is 2.70. The molecule has 15 heavy (non-hydrogen) atoms. The number of thiophene rings is 1. The zero-order valence-corrected chi connectivity index (χ0v) is 10.2. The molecule has 1 aromatic rings. The summed E-state index contributed by atoms with van der Waals surface area (Å²) in [6, 6.07) is 4.31. The molecular weight excluding hydrogens is 204 g/mol. The van der Waals surface area contributed by atoms with Crippen molar-refractivity contribution in [3.63, 3.8) is 0 Å². The van der Waals surface area contributed by atoms with Gasteiger partial charge in [-0.05, 0) is 37.9 Å². The molecule has 1 aromatic heterocycles. The van der Waals surface area contributed by atoms with Crippen LogP contribution in [0.3, 0.4) is 0 Å². The van der Waals surface area contributed by atoms with E-state index in [1.54, 1.807) is 11.3 Å². The van der Waals surface area contributed by atoms with Gasteiger partial charge in [-0.1, -0.05) is 12.1 Å². The van der Waals surface area contributed by atoms with Crippen molar-refractivity contribution >= 4 is 11.3 Å². The first kappa shape index (κ1) is 12.4. The molecule has 0 radical (unpaired) electrons. The van der Waals surface area contributed by atoms with Gasteiger partial charge in [0.15, 0.2) is 0 Å². The van der Waals surface area contributed by atoms with E-state index in [0.29, 0.717) is 0 Å². The number of nitrogens with two attached hydrogens (primary N) is 1. The Balaban J connectivity index is 2.25. The molecule has 0 amide bonds. The summed E-state index contributed by atoms with van der Waals surface area (Å²) in [4.78, 5) is 3.55. The van der Waals surface area contributed by atoms with Crippen LogP contribution in [0.5, 0.6) is 0 Å². The van der Waals surface area contributed by atoms with E-state index in [-0.39, 0.29) is 6.04 Å². The number of rotatable bonds is 7. The molecule has 0 aromatic carbocycles. The van der Waals surface area contributed by atoms with Gasteiger partial charge in [-0.25, -0.2) is 0 Å². The second-order valence-electron chi connectivity index (χ2n) is 3.82. The fourth-order valence-electron chi connectivity index (χ4n) is 1.52. The maximum absolute atomic E-state index is 6.09. The van der Waals surface area contributed by atoms with Crippen LogP contribution in [0, 0.1) is 0 Å². The van der Waals surface area contributed by atoms with Gasteiger partial charge in [-0.3, -0.25) is 0 Å². The topological polar surface area (TPSA) is 29.3 Å². The van der Waals surface area contributed by atoms with Gasteiger partial charge < -0.3 is 10.6 Å². The molecular formula is C12H20N2S. The van der Waals surface area contributed by atoms with Crippen molar-refractivity contribution in [2.45, 2.75) is 18.9 Å². The quantitative estimate of drug-likeness (QED) is 0.570. The van der Waals surface area contributed by atoms with Crippen LogP contribution >= 0.6 is 11.3 Å². The lowest BCUT2D eigenvalue weighted by Gasteiger charge is -2.20. The van der Waals surface area contributed by atoms with Crippen LogP contribution < -0.4 is 5.73 Å². The molecule has 0 saturated heterocycles. The molecule has 0 fully saturated rings. The lowest BCUT2D eigenvalue weighted by Crippen LogP contribution is -2.29. The molecule has 0 aliphatic heterocycles. The summed E-state index contributed by atoms with van der Waals surface area (Å²) in [5, 5.41) is 2.08. The zero-order chi connectivity index (χ0) is 11.1. The first-order chi connectivity index (χ1) is 7.24. The highest BCUT2D eigenvalue weighted by atomic mass is 32.1. The molecule has 0 bridgehead atoms. The molecule has 2 nitrogen and oxygen atoms in total. The van der Waals surface area contributed by atoms with Crippen molar-refractivity contribution in [3.8, 4) is 0 Å². The van der Waals surface area contributed by atoms with E-state index in [9.17, 15) is 0 Å². The second-order valence-corrected chi connectivity index (χ2v) is 4.79. The first-order valence-corrected chi connectivity index (χ1v) is 6.20. The number of nitrogens with zero attached hydrogens (tertiary/aromatic N) is 1. The van der Waals surface area contributed by atoms with Gasteiger partial charge in [0.1, 0.15) is 0 Å². The number of unbranched alkanes of at least 4 members (excludes halogenated alkanes) is 1. The maximum Gasteiger partial charge on any atom is 0.0518 e. The van der Waals surface area contributed by atoms with Crippen LogP contribution in [0.25, 0.3) is 0 Å². The Morgan fingerprint density at radius 3 is 3.07 bits per heavy atom. The van der Waals surface area contributed by atoms with Gasteiger partial charge in [0.2, 0.25) is 0 Å². The summed E-state index contributed by atoms with van der Waals surface area (Å²) in [5.41, 5.74) is 6.09. The van der Waals surface area contributed by atoms with E-state index in [1.165, 1.54) is 4.88 Å². The Morgan fingerprint density at radius 2 is 2.47 bits per heavy atom. The molecule has 0 saturated carbocycles. The van der Waals surface area contributed by atoms with Gasteiger partial charge in [-0.2, -0.15) is 0 Å². The Kier molecular flexibility index (Phi) is 5.61. The third-order valence-electron chi connectivity index (χ3n) is 2.37. The normalized spacial score (nSPS) is 13.0. The Labute approximate surface area is 96.4 Å². The SMILES string of the molecule is C=CCCCN(C)CC(N)c1cccs1. The first-order valence-electron chi connectivity index (χ1n) is 5.32. The Morgan fingerprint density at radius 1 is 1.67 bits per heavy atom. The molecule has 2 N–H and O–H groups in total. The van der Waals surface area contributed by atoms with Crippen LogP contribution in [0.4, 0.5) is 0 Å². The van der Waals surface area contributed by atoms with E-state index in [0.717, 1.165) is 25.9 Å². The standard InChI is InChI=1S/C12H20N2S/c1-3-4-5-8-14(2)10-11(13)12-7-6-9-15-12/h3,6-7,9,11H,1,4-5,8,10,13H2,2H3. The molecule has 1 rings (SSSR count). The molecule has 0 spiro atoms. The van der Waals surface area contributed by atoms with Gasteiger partial charge in [0, 0.05) is 11.4 Å². The van der Waals surface area contributed by atoms with Crippen LogP contribution in [0.1, 0.15) is 23.8 Å². The van der Waals surface area contributed by atoms with E-state index in [1.807, 2.05) is 6.08 Å². The molecule has 84 valence electrons. The van der Waals surface area contributed by atoms with Crippen LogP contribution in [-0.4, -0.2) is 25.0 Å². The summed E-state index contributed by atoms with van der Waals surface area (Å²) in [6.45, 7) is 5.73. The third kappa shape index (κ3) is 4.60. The van der Waals surface area contributed by atoms with Crippen molar-refractivity contribution in [1.29, 1.82) is 0 Å². The van der Waals surface area contributed by atoms with Gasteiger partial charge in [-0.15, -0.1) is 17.9 Å². The van der Waals surface area contributed by atoms with E-state index >= 15 is 0 Å². The minimum absolute atomic E-state index is 0.152. The smallest absolute Gasteiger partial charge is 0.0518 e.